The SMILES string of the molecule is CC(=O)N[C@H]1[C@@H](OP(=O)(O)OP(=O)(O)OC/C=C(/C)CC/C=C(/C)CC/C=C(/C)CC/C=C(/C)CC/C=C(\C)CC/C=C(\C)CCC=C(C)C)O[C@H](CO)[C@H](O)[C@@H]1O[C@H]1O[C@H](CO)[C@H](O)[C@H](O[C@@H]2O[C@H](CO)[C@H](O)[C@H](O[C@H]3O[C@H](CO)[C@H](O)[C@H](O)[C@H]3O)[C@H]2O[C@@H]2O[C@@H](C)[C@@H](O)[C@@H](O)[C@@H]2O)[C@H]1NC(C)=O. The first-order valence-corrected chi connectivity index (χ1v) is 38.2. The fourth-order valence-corrected chi connectivity index (χ4v) is 14.4. The summed E-state index contributed by atoms with van der Waals surface area (Å²) in [5.74, 6) is -1.92. The lowest BCUT2D eigenvalue weighted by Gasteiger charge is -2.51. The van der Waals surface area contributed by atoms with E-state index in [1.165, 1.54) is 46.4 Å². The number of aliphatic hydroxyl groups excluding tert-OH is 13. The first-order chi connectivity index (χ1) is 48.9. The molecule has 104 heavy (non-hydrogen) atoms. The first-order valence-electron chi connectivity index (χ1n) is 35.2. The van der Waals surface area contributed by atoms with E-state index in [0.29, 0.717) is 12.8 Å². The van der Waals surface area contributed by atoms with Crippen LogP contribution in [-0.2, 0) is 74.7 Å². The molecular weight excluding hydrogens is 1410 g/mol. The second kappa shape index (κ2) is 43.8. The fraction of sp³-hybridized carbons (Fsp3) is 0.768. The molecule has 5 heterocycles. The Morgan fingerprint density at radius 2 is 0.702 bits per heavy atom. The van der Waals surface area contributed by atoms with Gasteiger partial charge in [-0.2, -0.15) is 4.31 Å². The molecule has 598 valence electrons. The van der Waals surface area contributed by atoms with Crippen LogP contribution in [-0.4, -0.2) is 274 Å². The van der Waals surface area contributed by atoms with E-state index >= 15 is 0 Å². The highest BCUT2D eigenvalue weighted by atomic mass is 31.3. The summed E-state index contributed by atoms with van der Waals surface area (Å²) in [6.07, 6.45) is -19.7. The van der Waals surface area contributed by atoms with E-state index in [4.69, 9.17) is 51.7 Å². The third kappa shape index (κ3) is 28.1. The molecule has 2 unspecified atom stereocenters. The number of phosphoric acid groups is 2. The summed E-state index contributed by atoms with van der Waals surface area (Å²) < 4.78 is 95.1. The van der Waals surface area contributed by atoms with Gasteiger partial charge in [-0.1, -0.05) is 81.5 Å². The van der Waals surface area contributed by atoms with Crippen LogP contribution in [0.5, 0.6) is 0 Å². The molecule has 5 rings (SSSR count). The molecule has 5 aliphatic rings. The maximum absolute atomic E-state index is 13.7. The molecule has 5 fully saturated rings. The molecule has 35 heteroatoms. The molecule has 5 aliphatic heterocycles. The summed E-state index contributed by atoms with van der Waals surface area (Å²) in [6, 6.07) is -3.98. The van der Waals surface area contributed by atoms with Crippen molar-refractivity contribution in [3.05, 3.63) is 81.5 Å². The smallest absolute Gasteiger partial charge is 0.394 e. The lowest BCUT2D eigenvalue weighted by Crippen LogP contribution is -2.71. The van der Waals surface area contributed by atoms with E-state index in [2.05, 4.69) is 92.9 Å². The molecule has 0 spiro atoms. The lowest BCUT2D eigenvalue weighted by atomic mass is 9.93. The molecule has 0 aliphatic carbocycles. The minimum absolute atomic E-state index is 0.522. The van der Waals surface area contributed by atoms with Gasteiger partial charge in [0.25, 0.3) is 0 Å². The number of allylic oxidation sites excluding steroid dienone is 13. The van der Waals surface area contributed by atoms with Crippen LogP contribution in [0.1, 0.15) is 153 Å². The molecule has 0 aromatic rings. The summed E-state index contributed by atoms with van der Waals surface area (Å²) in [6.45, 7) is 15.1. The Bertz CT molecular complexity index is 3000. The zero-order valence-electron chi connectivity index (χ0n) is 61.1. The molecule has 5 saturated heterocycles. The Kier molecular flexibility index (Phi) is 38.4. The van der Waals surface area contributed by atoms with Gasteiger partial charge in [0.2, 0.25) is 11.8 Å². The van der Waals surface area contributed by atoms with Gasteiger partial charge < -0.3 is 129 Å². The number of nitrogens with one attached hydrogen (secondary N) is 2. The quantitative estimate of drug-likeness (QED) is 0.0309. The van der Waals surface area contributed by atoms with E-state index < -0.39 is 214 Å². The first kappa shape index (κ1) is 91.1. The minimum atomic E-state index is -5.91. The van der Waals surface area contributed by atoms with Crippen molar-refractivity contribution >= 4 is 27.5 Å². The Morgan fingerprint density at radius 1 is 0.375 bits per heavy atom. The number of hydrogen-bond donors (Lipinski definition) is 17. The van der Waals surface area contributed by atoms with Crippen LogP contribution in [0, 0.1) is 0 Å². The van der Waals surface area contributed by atoms with Gasteiger partial charge in [0, 0.05) is 13.8 Å². The molecular formula is C69H116N2O31P2. The van der Waals surface area contributed by atoms with E-state index in [1.807, 2.05) is 6.92 Å². The molecule has 27 atom stereocenters. The molecule has 0 aromatic heterocycles. The Labute approximate surface area is 607 Å². The number of aliphatic hydroxyl groups is 13. The van der Waals surface area contributed by atoms with Crippen molar-refractivity contribution in [1.29, 1.82) is 0 Å². The number of ether oxygens (including phenoxy) is 9. The van der Waals surface area contributed by atoms with E-state index in [0.717, 1.165) is 83.6 Å². The highest BCUT2D eigenvalue weighted by molar-refractivity contribution is 7.61. The van der Waals surface area contributed by atoms with Crippen molar-refractivity contribution in [2.45, 2.75) is 307 Å². The molecule has 0 radical (unpaired) electrons. The highest BCUT2D eigenvalue weighted by Crippen LogP contribution is 2.61. The van der Waals surface area contributed by atoms with Crippen LogP contribution in [0.15, 0.2) is 81.5 Å². The number of phosphoric ester groups is 2. The van der Waals surface area contributed by atoms with Crippen LogP contribution in [0.2, 0.25) is 0 Å². The zero-order valence-corrected chi connectivity index (χ0v) is 62.9. The number of carbonyl (C=O) groups excluding carboxylic acids is 2. The average molecular weight is 1530 g/mol. The van der Waals surface area contributed by atoms with Gasteiger partial charge in [0.05, 0.1) is 39.1 Å². The van der Waals surface area contributed by atoms with E-state index in [9.17, 15) is 94.9 Å². The van der Waals surface area contributed by atoms with Crippen molar-refractivity contribution in [2.75, 3.05) is 33.0 Å². The van der Waals surface area contributed by atoms with Gasteiger partial charge in [-0.15, -0.1) is 0 Å². The second-order valence-electron chi connectivity index (χ2n) is 27.6. The van der Waals surface area contributed by atoms with Crippen LogP contribution >= 0.6 is 15.6 Å². The normalized spacial score (nSPS) is 36.3. The Hall–Kier alpha value is -3.50. The standard InChI is InChI=1S/C69H116N2O31P2/c1-36(2)18-12-19-37(3)20-13-21-38(4)22-14-23-39(5)24-15-25-40(6)26-16-27-41(7)28-17-29-42(8)30-31-91-103(87,88)102-104(89,90)101-66-51(71-45(11)77)62(55(81)48(34-74)94-66)97-65-50(70-44(10)76)61(54(80)47(33-73)93-65)98-69-64(100-67-59(85)57(83)52(78)43(9)92-67)63(56(82)49(35-75)96-69)99-68-60(86)58(84)53(79)46(32-72)95-68/h18,20,22,24,26,28,30,43,46-69,72-75,78-86H,12-17,19,21,23,25,27,29,31-35H2,1-11H3,(H,70,76)(H,71,77)(H,87,88)(H,89,90)/b37-20+,38-22+,39-24-,40-26-,41-28-,42-30-/t43-,46+,47+,48+,49+,50+,51+,52+,53-,54-,55-,56-,57+,58-,59-,60+,61+,62+,63-,64+,65+,66+,67-,68+,69-/m0/s1. The average Bonchev–Trinajstić information content (AvgIpc) is 0.764. The molecule has 0 bridgehead atoms. The summed E-state index contributed by atoms with van der Waals surface area (Å²) in [5, 5.41) is 147. The maximum atomic E-state index is 13.7. The van der Waals surface area contributed by atoms with Gasteiger partial charge in [-0.3, -0.25) is 18.6 Å². The highest BCUT2D eigenvalue weighted by Gasteiger charge is 2.59. The maximum Gasteiger partial charge on any atom is 0.483 e. The largest absolute Gasteiger partial charge is 0.483 e. The van der Waals surface area contributed by atoms with Gasteiger partial charge in [-0.05, 0) is 139 Å². The molecule has 17 N–H and O–H groups in total. The molecule has 0 saturated carbocycles. The predicted octanol–water partition coefficient (Wildman–Crippen LogP) is 1.97. The number of carbonyl (C=O) groups is 2. The number of rotatable bonds is 39. The third-order valence-electron chi connectivity index (χ3n) is 18.4. The fourth-order valence-electron chi connectivity index (χ4n) is 12.3. The number of hydrogen-bond acceptors (Lipinski definition) is 29. The lowest BCUT2D eigenvalue weighted by molar-refractivity contribution is -0.402. The third-order valence-corrected chi connectivity index (χ3v) is 21.0. The van der Waals surface area contributed by atoms with Crippen molar-refractivity contribution in [3.63, 3.8) is 0 Å². The van der Waals surface area contributed by atoms with Crippen LogP contribution in [0.4, 0.5) is 0 Å². The monoisotopic (exact) mass is 1530 g/mol. The van der Waals surface area contributed by atoms with E-state index in [-0.39, 0.29) is 0 Å². The Morgan fingerprint density at radius 3 is 1.12 bits per heavy atom. The van der Waals surface area contributed by atoms with Crippen LogP contribution < -0.4 is 10.6 Å². The van der Waals surface area contributed by atoms with Crippen molar-refractivity contribution < 1.29 is 151 Å². The van der Waals surface area contributed by atoms with Crippen molar-refractivity contribution in [1.82, 2.24) is 10.6 Å². The van der Waals surface area contributed by atoms with Crippen molar-refractivity contribution in [2.24, 2.45) is 0 Å². The van der Waals surface area contributed by atoms with Gasteiger partial charge in [-0.25, -0.2) is 9.13 Å². The molecule has 33 nitrogen and oxygen atoms in total. The van der Waals surface area contributed by atoms with Crippen molar-refractivity contribution in [3.8, 4) is 0 Å². The summed E-state index contributed by atoms with van der Waals surface area (Å²) in [4.78, 5) is 47.9. The number of amides is 2. The minimum Gasteiger partial charge on any atom is -0.394 e. The van der Waals surface area contributed by atoms with Gasteiger partial charge in [0.1, 0.15) is 116 Å². The summed E-state index contributed by atoms with van der Waals surface area (Å²) in [7, 11) is -11.4. The van der Waals surface area contributed by atoms with Crippen LogP contribution in [0.25, 0.3) is 0 Å². The molecule has 2 amide bonds. The van der Waals surface area contributed by atoms with Gasteiger partial charge >= 0.3 is 15.6 Å². The molecule has 0 aromatic carbocycles. The second-order valence-corrected chi connectivity index (χ2v) is 30.6. The topological polar surface area (TPSA) is 507 Å². The van der Waals surface area contributed by atoms with Gasteiger partial charge in [0.15, 0.2) is 31.5 Å². The summed E-state index contributed by atoms with van der Waals surface area (Å²) >= 11 is 0. The Balaban J connectivity index is 1.25. The van der Waals surface area contributed by atoms with Crippen LogP contribution in [0.3, 0.4) is 0 Å². The van der Waals surface area contributed by atoms with E-state index in [1.54, 1.807) is 6.92 Å². The predicted molar refractivity (Wildman–Crippen MR) is 371 cm³/mol. The summed E-state index contributed by atoms with van der Waals surface area (Å²) in [5.41, 5.74) is 8.83. The zero-order chi connectivity index (χ0) is 77.5.